The fourth-order valence-electron chi connectivity index (χ4n) is 2.07. The molecule has 0 amide bonds. The average molecular weight is 204 g/mol. The van der Waals surface area contributed by atoms with Gasteiger partial charge in [-0.1, -0.05) is 36.8 Å². The first-order chi connectivity index (χ1) is 7.45. The van der Waals surface area contributed by atoms with E-state index in [9.17, 15) is 0 Å². The molecule has 0 radical (unpaired) electrons. The lowest BCUT2D eigenvalue weighted by Gasteiger charge is -2.26. The van der Waals surface area contributed by atoms with Gasteiger partial charge in [-0.25, -0.2) is 0 Å². The summed E-state index contributed by atoms with van der Waals surface area (Å²) in [6.45, 7) is 4.55. The summed E-state index contributed by atoms with van der Waals surface area (Å²) < 4.78 is 0. The van der Waals surface area contributed by atoms with Crippen molar-refractivity contribution in [3.05, 3.63) is 35.9 Å². The van der Waals surface area contributed by atoms with E-state index in [1.807, 2.05) is 0 Å². The monoisotopic (exact) mass is 204 g/mol. The fourth-order valence-corrected chi connectivity index (χ4v) is 2.07. The second-order valence-electron chi connectivity index (χ2n) is 4.25. The summed E-state index contributed by atoms with van der Waals surface area (Å²) >= 11 is 0. The van der Waals surface area contributed by atoms with Crippen molar-refractivity contribution in [1.82, 2.24) is 10.2 Å². The number of rotatable bonds is 4. The van der Waals surface area contributed by atoms with E-state index in [1.54, 1.807) is 0 Å². The molecule has 15 heavy (non-hydrogen) atoms. The molecule has 2 rings (SSSR count). The lowest BCUT2D eigenvalue weighted by molar-refractivity contribution is 0.212. The quantitative estimate of drug-likeness (QED) is 0.809. The summed E-state index contributed by atoms with van der Waals surface area (Å²) in [4.78, 5) is 2.51. The number of hydrogen-bond acceptors (Lipinski definition) is 2. The molecule has 1 N–H and O–H groups in total. The van der Waals surface area contributed by atoms with Gasteiger partial charge >= 0.3 is 0 Å². The minimum absolute atomic E-state index is 0.983. The van der Waals surface area contributed by atoms with Crippen LogP contribution in [0.4, 0.5) is 0 Å². The number of nitrogens with zero attached hydrogens (tertiary/aromatic N) is 1. The minimum atomic E-state index is 0.983. The topological polar surface area (TPSA) is 15.3 Å². The number of likely N-dealkylation sites (tertiary alicyclic amines) is 1. The highest BCUT2D eigenvalue weighted by molar-refractivity contribution is 5.14. The molecule has 82 valence electrons. The molecule has 0 saturated carbocycles. The largest absolute Gasteiger partial charge is 0.300 e. The Bertz CT molecular complexity index is 265. The van der Waals surface area contributed by atoms with Crippen molar-refractivity contribution in [1.29, 1.82) is 0 Å². The van der Waals surface area contributed by atoms with Gasteiger partial charge in [0.2, 0.25) is 0 Å². The first kappa shape index (κ1) is 10.7. The Kier molecular flexibility index (Phi) is 4.18. The summed E-state index contributed by atoms with van der Waals surface area (Å²) in [5.41, 5.74) is 1.37. The van der Waals surface area contributed by atoms with Gasteiger partial charge in [-0.05, 0) is 31.5 Å². The Labute approximate surface area is 92.3 Å². The third kappa shape index (κ3) is 3.65. The maximum absolute atomic E-state index is 3.50. The van der Waals surface area contributed by atoms with Gasteiger partial charge in [0.25, 0.3) is 0 Å². The molecule has 2 heteroatoms. The van der Waals surface area contributed by atoms with Crippen LogP contribution in [0.25, 0.3) is 0 Å². The van der Waals surface area contributed by atoms with Crippen molar-refractivity contribution < 1.29 is 0 Å². The number of piperidine rings is 1. The third-order valence-electron chi connectivity index (χ3n) is 2.96. The van der Waals surface area contributed by atoms with Crippen LogP contribution in [0.15, 0.2) is 30.3 Å². The molecule has 0 bridgehead atoms. The second-order valence-corrected chi connectivity index (χ2v) is 4.25. The summed E-state index contributed by atoms with van der Waals surface area (Å²) in [6.07, 6.45) is 4.15. The van der Waals surface area contributed by atoms with Crippen LogP contribution < -0.4 is 5.32 Å². The molecule has 0 unspecified atom stereocenters. The van der Waals surface area contributed by atoms with Crippen molar-refractivity contribution in [3.8, 4) is 0 Å². The van der Waals surface area contributed by atoms with Gasteiger partial charge in [0.1, 0.15) is 0 Å². The van der Waals surface area contributed by atoms with E-state index in [4.69, 9.17) is 0 Å². The standard InChI is InChI=1S/C13H20N2/c1-3-7-13(8-4-1)11-14-12-15-9-5-2-6-10-15/h1,3-4,7-8,14H,2,5-6,9-12H2. The van der Waals surface area contributed by atoms with E-state index in [0.29, 0.717) is 0 Å². The lowest BCUT2D eigenvalue weighted by Crippen LogP contribution is -2.37. The van der Waals surface area contributed by atoms with Crippen molar-refractivity contribution in [2.45, 2.75) is 25.8 Å². The van der Waals surface area contributed by atoms with Gasteiger partial charge in [0.05, 0.1) is 0 Å². The number of benzene rings is 1. The lowest BCUT2D eigenvalue weighted by atomic mass is 10.1. The first-order valence-electron chi connectivity index (χ1n) is 5.92. The van der Waals surface area contributed by atoms with E-state index in [2.05, 4.69) is 40.5 Å². The molecule has 1 saturated heterocycles. The second kappa shape index (κ2) is 5.89. The Balaban J connectivity index is 1.66. The molecule has 1 aromatic rings. The molecule has 2 nitrogen and oxygen atoms in total. The van der Waals surface area contributed by atoms with Crippen LogP contribution in [0.5, 0.6) is 0 Å². The molecule has 1 heterocycles. The predicted molar refractivity (Wildman–Crippen MR) is 63.6 cm³/mol. The molecule has 0 spiro atoms. The van der Waals surface area contributed by atoms with Crippen LogP contribution in [0.2, 0.25) is 0 Å². The van der Waals surface area contributed by atoms with Gasteiger partial charge in [0, 0.05) is 13.2 Å². The van der Waals surface area contributed by atoms with Crippen molar-refractivity contribution in [3.63, 3.8) is 0 Å². The van der Waals surface area contributed by atoms with E-state index < -0.39 is 0 Å². The maximum atomic E-state index is 3.50. The zero-order valence-corrected chi connectivity index (χ0v) is 9.28. The highest BCUT2D eigenvalue weighted by atomic mass is 15.2. The third-order valence-corrected chi connectivity index (χ3v) is 2.96. The summed E-state index contributed by atoms with van der Waals surface area (Å²) in [5.74, 6) is 0. The minimum Gasteiger partial charge on any atom is -0.300 e. The summed E-state index contributed by atoms with van der Waals surface area (Å²) in [5, 5.41) is 3.50. The summed E-state index contributed by atoms with van der Waals surface area (Å²) in [6, 6.07) is 10.6. The van der Waals surface area contributed by atoms with Crippen molar-refractivity contribution in [2.75, 3.05) is 19.8 Å². The van der Waals surface area contributed by atoms with Crippen molar-refractivity contribution in [2.24, 2.45) is 0 Å². The van der Waals surface area contributed by atoms with Gasteiger partial charge in [-0.15, -0.1) is 0 Å². The zero-order valence-electron chi connectivity index (χ0n) is 9.28. The van der Waals surface area contributed by atoms with E-state index in [0.717, 1.165) is 13.2 Å². The first-order valence-corrected chi connectivity index (χ1v) is 5.92. The molecular weight excluding hydrogens is 184 g/mol. The van der Waals surface area contributed by atoms with E-state index >= 15 is 0 Å². The Hall–Kier alpha value is -0.860. The van der Waals surface area contributed by atoms with E-state index in [-0.39, 0.29) is 0 Å². The van der Waals surface area contributed by atoms with Gasteiger partial charge < -0.3 is 5.32 Å². The molecule has 0 atom stereocenters. The van der Waals surface area contributed by atoms with Crippen LogP contribution in [0, 0.1) is 0 Å². The molecule has 1 aliphatic rings. The van der Waals surface area contributed by atoms with Crippen LogP contribution in [-0.2, 0) is 6.54 Å². The van der Waals surface area contributed by atoms with Gasteiger partial charge in [-0.3, -0.25) is 4.90 Å². The molecule has 1 aliphatic heterocycles. The molecule has 1 fully saturated rings. The summed E-state index contributed by atoms with van der Waals surface area (Å²) in [7, 11) is 0. The fraction of sp³-hybridized carbons (Fsp3) is 0.538. The highest BCUT2D eigenvalue weighted by Crippen LogP contribution is 2.07. The van der Waals surface area contributed by atoms with Crippen LogP contribution in [-0.4, -0.2) is 24.7 Å². The Morgan fingerprint density at radius 3 is 2.47 bits per heavy atom. The number of nitrogens with one attached hydrogen (secondary N) is 1. The van der Waals surface area contributed by atoms with Crippen molar-refractivity contribution >= 4 is 0 Å². The highest BCUT2D eigenvalue weighted by Gasteiger charge is 2.08. The SMILES string of the molecule is c1ccc(CNCN2CCCCC2)cc1. The molecule has 0 aromatic heterocycles. The van der Waals surface area contributed by atoms with E-state index in [1.165, 1.54) is 37.9 Å². The van der Waals surface area contributed by atoms with Crippen LogP contribution >= 0.6 is 0 Å². The number of hydrogen-bond donors (Lipinski definition) is 1. The molecular formula is C13H20N2. The normalized spacial score (nSPS) is 17.9. The van der Waals surface area contributed by atoms with Crippen LogP contribution in [0.1, 0.15) is 24.8 Å². The zero-order chi connectivity index (χ0) is 10.3. The Morgan fingerprint density at radius 2 is 1.73 bits per heavy atom. The molecule has 0 aliphatic carbocycles. The maximum Gasteiger partial charge on any atom is 0.0483 e. The predicted octanol–water partition coefficient (Wildman–Crippen LogP) is 2.22. The Morgan fingerprint density at radius 1 is 1.00 bits per heavy atom. The van der Waals surface area contributed by atoms with Gasteiger partial charge in [0.15, 0.2) is 0 Å². The molecule has 1 aromatic carbocycles. The average Bonchev–Trinajstić information content (AvgIpc) is 2.32. The van der Waals surface area contributed by atoms with Gasteiger partial charge in [-0.2, -0.15) is 0 Å². The smallest absolute Gasteiger partial charge is 0.0483 e. The van der Waals surface area contributed by atoms with Crippen LogP contribution in [0.3, 0.4) is 0 Å².